The molecule has 0 radical (unpaired) electrons. The Hall–Kier alpha value is -3.05. The highest BCUT2D eigenvalue weighted by atomic mass is 19.1. The van der Waals surface area contributed by atoms with Gasteiger partial charge in [-0.1, -0.05) is 19.9 Å². The van der Waals surface area contributed by atoms with Crippen LogP contribution in [0.1, 0.15) is 48.3 Å². The number of benzene rings is 1. The van der Waals surface area contributed by atoms with Gasteiger partial charge in [-0.3, -0.25) is 9.63 Å². The van der Waals surface area contributed by atoms with Gasteiger partial charge in [-0.2, -0.15) is 5.26 Å². The SMILES string of the molecule is CC.Cc1ccc(Nc2nc(C#N)c(F)cc2C(=O)NOCC2CC2)c(F)c1. The molecule has 1 saturated carbocycles. The number of halogens is 2. The van der Waals surface area contributed by atoms with Crippen molar-refractivity contribution >= 4 is 17.4 Å². The van der Waals surface area contributed by atoms with Gasteiger partial charge in [0.2, 0.25) is 0 Å². The molecule has 0 saturated heterocycles. The molecule has 0 aliphatic heterocycles. The first-order valence-corrected chi connectivity index (χ1v) is 9.04. The van der Waals surface area contributed by atoms with Crippen molar-refractivity contribution in [2.24, 2.45) is 5.92 Å². The van der Waals surface area contributed by atoms with Gasteiger partial charge in [-0.05, 0) is 49.4 Å². The maximum absolute atomic E-state index is 14.1. The molecule has 1 fully saturated rings. The number of aromatic nitrogens is 1. The smallest absolute Gasteiger partial charge is 0.278 e. The summed E-state index contributed by atoms with van der Waals surface area (Å²) in [4.78, 5) is 21.2. The summed E-state index contributed by atoms with van der Waals surface area (Å²) in [5.74, 6) is -1.97. The van der Waals surface area contributed by atoms with Gasteiger partial charge in [0.05, 0.1) is 17.9 Å². The molecule has 1 aromatic carbocycles. The van der Waals surface area contributed by atoms with Crippen molar-refractivity contribution in [2.75, 3.05) is 11.9 Å². The first-order chi connectivity index (χ1) is 13.5. The number of amides is 1. The summed E-state index contributed by atoms with van der Waals surface area (Å²) in [5, 5.41) is 11.6. The van der Waals surface area contributed by atoms with Crippen LogP contribution in [0.25, 0.3) is 0 Å². The van der Waals surface area contributed by atoms with Crippen LogP contribution in [-0.2, 0) is 4.84 Å². The highest BCUT2D eigenvalue weighted by molar-refractivity contribution is 5.99. The summed E-state index contributed by atoms with van der Waals surface area (Å²) in [7, 11) is 0. The van der Waals surface area contributed by atoms with Gasteiger partial charge in [-0.15, -0.1) is 0 Å². The number of pyridine rings is 1. The molecule has 1 heterocycles. The van der Waals surface area contributed by atoms with Crippen LogP contribution in [0.5, 0.6) is 0 Å². The number of nitrogens with one attached hydrogen (secondary N) is 2. The molecule has 3 rings (SSSR count). The van der Waals surface area contributed by atoms with E-state index in [9.17, 15) is 13.6 Å². The van der Waals surface area contributed by atoms with Gasteiger partial charge in [0, 0.05) is 0 Å². The zero-order chi connectivity index (χ0) is 20.7. The van der Waals surface area contributed by atoms with E-state index in [0.29, 0.717) is 18.1 Å². The molecule has 1 aliphatic carbocycles. The summed E-state index contributed by atoms with van der Waals surface area (Å²) in [6, 6.07) is 6.90. The summed E-state index contributed by atoms with van der Waals surface area (Å²) in [6.45, 7) is 6.10. The minimum absolute atomic E-state index is 0.0477. The normalized spacial score (nSPS) is 12.4. The van der Waals surface area contributed by atoms with E-state index in [2.05, 4.69) is 15.8 Å². The number of nitrogens with zero attached hydrogens (tertiary/aromatic N) is 2. The molecular formula is C20H22F2N4O2. The fraction of sp³-hybridized carbons (Fsp3) is 0.350. The number of hydrogen-bond acceptors (Lipinski definition) is 5. The van der Waals surface area contributed by atoms with Crippen molar-refractivity contribution in [3.05, 3.63) is 52.7 Å². The van der Waals surface area contributed by atoms with Crippen molar-refractivity contribution in [1.29, 1.82) is 5.26 Å². The fourth-order valence-corrected chi connectivity index (χ4v) is 2.25. The molecule has 1 amide bonds. The molecule has 0 unspecified atom stereocenters. The molecule has 0 bridgehead atoms. The number of carbonyl (C=O) groups is 1. The van der Waals surface area contributed by atoms with E-state index in [0.717, 1.165) is 18.9 Å². The fourth-order valence-electron chi connectivity index (χ4n) is 2.25. The Balaban J connectivity index is 0.00000136. The third kappa shape index (κ3) is 5.47. The topological polar surface area (TPSA) is 87.0 Å². The third-order valence-electron chi connectivity index (χ3n) is 3.89. The van der Waals surface area contributed by atoms with E-state index in [1.54, 1.807) is 19.1 Å². The lowest BCUT2D eigenvalue weighted by molar-refractivity contribution is 0.0270. The maximum Gasteiger partial charge on any atom is 0.278 e. The van der Waals surface area contributed by atoms with Gasteiger partial charge in [-0.25, -0.2) is 19.2 Å². The quantitative estimate of drug-likeness (QED) is 0.717. The number of nitriles is 1. The first-order valence-electron chi connectivity index (χ1n) is 9.04. The number of carbonyl (C=O) groups excluding carboxylic acids is 1. The highest BCUT2D eigenvalue weighted by Crippen LogP contribution is 2.28. The summed E-state index contributed by atoms with van der Waals surface area (Å²) < 4.78 is 28.0. The van der Waals surface area contributed by atoms with Crippen LogP contribution >= 0.6 is 0 Å². The number of hydrogen-bond donors (Lipinski definition) is 2. The Morgan fingerprint density at radius 3 is 2.61 bits per heavy atom. The van der Waals surface area contributed by atoms with Gasteiger partial charge >= 0.3 is 0 Å². The van der Waals surface area contributed by atoms with Crippen molar-refractivity contribution in [3.8, 4) is 6.07 Å². The molecule has 0 atom stereocenters. The largest absolute Gasteiger partial charge is 0.337 e. The van der Waals surface area contributed by atoms with Crippen LogP contribution in [0.2, 0.25) is 0 Å². The van der Waals surface area contributed by atoms with Crippen molar-refractivity contribution in [2.45, 2.75) is 33.6 Å². The average Bonchev–Trinajstić information content (AvgIpc) is 3.50. The van der Waals surface area contributed by atoms with E-state index in [4.69, 9.17) is 10.1 Å². The van der Waals surface area contributed by atoms with Crippen molar-refractivity contribution in [1.82, 2.24) is 10.5 Å². The van der Waals surface area contributed by atoms with Gasteiger partial charge < -0.3 is 5.32 Å². The second kappa shape index (κ2) is 9.76. The predicted molar refractivity (Wildman–Crippen MR) is 101 cm³/mol. The number of aryl methyl sites for hydroxylation is 1. The minimum atomic E-state index is -0.949. The molecule has 2 aromatic rings. The predicted octanol–water partition coefficient (Wildman–Crippen LogP) is 4.38. The minimum Gasteiger partial charge on any atom is -0.337 e. The highest BCUT2D eigenvalue weighted by Gasteiger charge is 2.23. The van der Waals surface area contributed by atoms with E-state index < -0.39 is 23.2 Å². The second-order valence-corrected chi connectivity index (χ2v) is 6.12. The lowest BCUT2D eigenvalue weighted by Crippen LogP contribution is -2.26. The zero-order valence-electron chi connectivity index (χ0n) is 16.0. The average molecular weight is 388 g/mol. The Bertz CT molecular complexity index is 893. The van der Waals surface area contributed by atoms with Crippen LogP contribution in [0.4, 0.5) is 20.3 Å². The molecule has 1 aliphatic rings. The van der Waals surface area contributed by atoms with Crippen LogP contribution in [0, 0.1) is 35.8 Å². The van der Waals surface area contributed by atoms with Crippen molar-refractivity contribution in [3.63, 3.8) is 0 Å². The summed E-state index contributed by atoms with van der Waals surface area (Å²) >= 11 is 0. The molecule has 28 heavy (non-hydrogen) atoms. The molecule has 0 spiro atoms. The lowest BCUT2D eigenvalue weighted by atomic mass is 10.2. The summed E-state index contributed by atoms with van der Waals surface area (Å²) in [6.07, 6.45) is 2.09. The molecule has 2 N–H and O–H groups in total. The number of rotatable bonds is 6. The zero-order valence-corrected chi connectivity index (χ0v) is 16.0. The third-order valence-corrected chi connectivity index (χ3v) is 3.89. The first kappa shape index (κ1) is 21.3. The van der Waals surface area contributed by atoms with Crippen molar-refractivity contribution < 1.29 is 18.4 Å². The van der Waals surface area contributed by atoms with Crippen LogP contribution in [0.3, 0.4) is 0 Å². The van der Waals surface area contributed by atoms with Crippen LogP contribution < -0.4 is 10.8 Å². The second-order valence-electron chi connectivity index (χ2n) is 6.12. The molecule has 148 valence electrons. The molecule has 1 aromatic heterocycles. The molecule has 8 heteroatoms. The van der Waals surface area contributed by atoms with Gasteiger partial charge in [0.15, 0.2) is 11.5 Å². The Morgan fingerprint density at radius 1 is 1.29 bits per heavy atom. The number of hydroxylamine groups is 1. The summed E-state index contributed by atoms with van der Waals surface area (Å²) in [5.41, 5.74) is 2.28. The Labute approximate surface area is 162 Å². The standard InChI is InChI=1S/C18H16F2N4O2.C2H6/c1-10-2-5-15(13(19)6-10)22-17-12(7-14(20)16(8-21)23-17)18(25)24-26-9-11-3-4-11;1-2/h2,5-7,11H,3-4,9H2,1H3,(H,22,23)(H,24,25);1-2H3. The Kier molecular flexibility index (Phi) is 7.41. The maximum atomic E-state index is 14.1. The van der Waals surface area contributed by atoms with E-state index in [1.807, 2.05) is 13.8 Å². The molecule has 6 nitrogen and oxygen atoms in total. The monoisotopic (exact) mass is 388 g/mol. The lowest BCUT2D eigenvalue weighted by Gasteiger charge is -2.13. The van der Waals surface area contributed by atoms with Crippen LogP contribution in [0.15, 0.2) is 24.3 Å². The molecular weight excluding hydrogens is 366 g/mol. The van der Waals surface area contributed by atoms with E-state index in [-0.39, 0.29) is 17.1 Å². The van der Waals surface area contributed by atoms with Gasteiger partial charge in [0.25, 0.3) is 5.91 Å². The van der Waals surface area contributed by atoms with E-state index >= 15 is 0 Å². The van der Waals surface area contributed by atoms with Crippen LogP contribution in [-0.4, -0.2) is 17.5 Å². The van der Waals surface area contributed by atoms with Gasteiger partial charge in [0.1, 0.15) is 17.7 Å². The Morgan fingerprint density at radius 2 is 2.00 bits per heavy atom. The van der Waals surface area contributed by atoms with E-state index in [1.165, 1.54) is 12.1 Å². The number of anilines is 2.